The van der Waals surface area contributed by atoms with Gasteiger partial charge in [0.15, 0.2) is 0 Å². The van der Waals surface area contributed by atoms with Crippen LogP contribution in [0.25, 0.3) is 0 Å². The number of anilines is 2. The summed E-state index contributed by atoms with van der Waals surface area (Å²) in [6.07, 6.45) is 7.29. The Hall–Kier alpha value is -4.15. The van der Waals surface area contributed by atoms with E-state index in [4.69, 9.17) is 14.7 Å². The van der Waals surface area contributed by atoms with Gasteiger partial charge in [0.05, 0.1) is 35.5 Å². The predicted octanol–water partition coefficient (Wildman–Crippen LogP) is 2.86. The minimum Gasteiger partial charge on any atom is -0.462 e. The number of nitrogens with zero attached hydrogens (tertiary/aromatic N) is 8. The third-order valence-corrected chi connectivity index (χ3v) is 9.44. The third-order valence-electron chi connectivity index (χ3n) is 9.44. The van der Waals surface area contributed by atoms with Gasteiger partial charge >= 0.3 is 6.01 Å². The van der Waals surface area contributed by atoms with E-state index in [0.29, 0.717) is 38.3 Å². The van der Waals surface area contributed by atoms with E-state index in [1.807, 2.05) is 12.1 Å². The molecule has 10 heteroatoms. The largest absolute Gasteiger partial charge is 0.462 e. The molecule has 3 aliphatic heterocycles. The highest BCUT2D eigenvalue weighted by Crippen LogP contribution is 2.38. The molecule has 10 nitrogen and oxygen atoms in total. The number of para-hydroxylation sites is 1. The van der Waals surface area contributed by atoms with Gasteiger partial charge in [-0.05, 0) is 63.4 Å². The van der Waals surface area contributed by atoms with Crippen molar-refractivity contribution in [2.45, 2.75) is 63.1 Å². The van der Waals surface area contributed by atoms with Crippen molar-refractivity contribution < 1.29 is 9.53 Å². The summed E-state index contributed by atoms with van der Waals surface area (Å²) in [5.41, 5.74) is 5.17. The number of hydrogen-bond acceptors (Lipinski definition) is 9. The Labute approximate surface area is 247 Å². The lowest BCUT2D eigenvalue weighted by atomic mass is 9.90. The number of fused-ring (bicyclic) bond motifs is 2. The Balaban J connectivity index is 1.30. The lowest BCUT2D eigenvalue weighted by Crippen LogP contribution is -2.55. The molecule has 0 spiro atoms. The summed E-state index contributed by atoms with van der Waals surface area (Å²) in [6.45, 7) is 7.81. The smallest absolute Gasteiger partial charge is 0.318 e. The molecule has 3 atom stereocenters. The van der Waals surface area contributed by atoms with E-state index in [2.05, 4.69) is 46.5 Å². The van der Waals surface area contributed by atoms with Crippen LogP contribution in [0, 0.1) is 22.7 Å². The first-order chi connectivity index (χ1) is 20.5. The first kappa shape index (κ1) is 28.0. The minimum absolute atomic E-state index is 0.144. The molecule has 0 N–H and O–H groups in total. The first-order valence-electron chi connectivity index (χ1n) is 15.1. The Bertz CT molecular complexity index is 1450. The predicted molar refractivity (Wildman–Crippen MR) is 159 cm³/mol. The molecule has 2 aromatic rings. The Kier molecular flexibility index (Phi) is 7.99. The molecule has 2 saturated heterocycles. The van der Waals surface area contributed by atoms with Crippen LogP contribution in [0.5, 0.6) is 6.01 Å². The maximum absolute atomic E-state index is 12.5. The van der Waals surface area contributed by atoms with E-state index in [9.17, 15) is 15.3 Å². The van der Waals surface area contributed by atoms with Crippen LogP contribution in [0.2, 0.25) is 0 Å². The topological polar surface area (TPSA) is 113 Å². The summed E-state index contributed by atoms with van der Waals surface area (Å²) in [5.74, 6) is 0.719. The third kappa shape index (κ3) is 5.28. The molecule has 4 heterocycles. The van der Waals surface area contributed by atoms with Crippen LogP contribution in [0.15, 0.2) is 30.9 Å². The van der Waals surface area contributed by atoms with Gasteiger partial charge < -0.3 is 24.3 Å². The number of aromatic nitrogens is 2. The van der Waals surface area contributed by atoms with Crippen LogP contribution >= 0.6 is 0 Å². The summed E-state index contributed by atoms with van der Waals surface area (Å²) in [7, 11) is 2.13. The van der Waals surface area contributed by atoms with Crippen molar-refractivity contribution in [2.24, 2.45) is 0 Å². The second kappa shape index (κ2) is 12.0. The van der Waals surface area contributed by atoms with Crippen LogP contribution < -0.4 is 14.5 Å². The van der Waals surface area contributed by atoms with E-state index in [1.54, 1.807) is 4.90 Å². The molecule has 1 aliphatic carbocycles. The zero-order chi connectivity index (χ0) is 29.2. The number of ether oxygens (including phenoxy) is 1. The first-order valence-corrected chi connectivity index (χ1v) is 15.1. The van der Waals surface area contributed by atoms with E-state index in [-0.39, 0.29) is 24.4 Å². The molecule has 42 heavy (non-hydrogen) atoms. The van der Waals surface area contributed by atoms with E-state index in [1.165, 1.54) is 18.1 Å². The van der Waals surface area contributed by atoms with Gasteiger partial charge in [-0.3, -0.25) is 4.79 Å². The number of benzene rings is 1. The number of carbonyl (C=O) groups excluding carboxylic acids is 1. The molecule has 0 bridgehead atoms. The zero-order valence-corrected chi connectivity index (χ0v) is 24.3. The fourth-order valence-electron chi connectivity index (χ4n) is 7.18. The lowest BCUT2D eigenvalue weighted by Gasteiger charge is -2.42. The van der Waals surface area contributed by atoms with Gasteiger partial charge in [-0.2, -0.15) is 20.5 Å². The summed E-state index contributed by atoms with van der Waals surface area (Å²) >= 11 is 0. The van der Waals surface area contributed by atoms with Crippen molar-refractivity contribution in [3.05, 3.63) is 53.2 Å². The molecule has 1 unspecified atom stereocenters. The fourth-order valence-corrected chi connectivity index (χ4v) is 7.18. The van der Waals surface area contributed by atoms with Gasteiger partial charge in [0.25, 0.3) is 0 Å². The van der Waals surface area contributed by atoms with E-state index >= 15 is 0 Å². The summed E-state index contributed by atoms with van der Waals surface area (Å²) in [5, 5.41) is 19.3. The number of piperazine rings is 1. The molecule has 0 saturated carbocycles. The molecular weight excluding hydrogens is 528 g/mol. The number of carbonyl (C=O) groups is 1. The van der Waals surface area contributed by atoms with Crippen LogP contribution in [0.1, 0.15) is 48.1 Å². The highest BCUT2D eigenvalue weighted by atomic mass is 16.5. The summed E-state index contributed by atoms with van der Waals surface area (Å²) < 4.78 is 6.29. The van der Waals surface area contributed by atoms with Crippen molar-refractivity contribution in [3.8, 4) is 18.1 Å². The summed E-state index contributed by atoms with van der Waals surface area (Å²) in [6, 6.07) is 11.4. The van der Waals surface area contributed by atoms with Crippen molar-refractivity contribution >= 4 is 17.4 Å². The van der Waals surface area contributed by atoms with Gasteiger partial charge in [0.1, 0.15) is 18.5 Å². The van der Waals surface area contributed by atoms with Crippen molar-refractivity contribution in [1.82, 2.24) is 19.8 Å². The lowest BCUT2D eigenvalue weighted by molar-refractivity contribution is -0.128. The second-order valence-electron chi connectivity index (χ2n) is 11.8. The maximum atomic E-state index is 12.5. The number of nitriles is 2. The van der Waals surface area contributed by atoms with Crippen molar-refractivity contribution in [3.63, 3.8) is 0 Å². The van der Waals surface area contributed by atoms with Crippen LogP contribution in [0.4, 0.5) is 11.5 Å². The molecule has 2 fully saturated rings. The van der Waals surface area contributed by atoms with Gasteiger partial charge in [0, 0.05) is 50.2 Å². The van der Waals surface area contributed by atoms with Gasteiger partial charge in [-0.25, -0.2) is 0 Å². The molecule has 6 rings (SSSR count). The number of hydrogen-bond donors (Lipinski definition) is 0. The van der Waals surface area contributed by atoms with Gasteiger partial charge in [-0.1, -0.05) is 18.7 Å². The number of rotatable bonds is 7. The quantitative estimate of drug-likeness (QED) is 0.467. The monoisotopic (exact) mass is 566 g/mol. The molecular formula is C32H38N8O2. The van der Waals surface area contributed by atoms with Crippen molar-refractivity contribution in [2.75, 3.05) is 56.2 Å². The Morgan fingerprint density at radius 1 is 1.14 bits per heavy atom. The molecule has 1 aromatic heterocycles. The minimum atomic E-state index is -0.238. The summed E-state index contributed by atoms with van der Waals surface area (Å²) in [4.78, 5) is 31.2. The number of likely N-dealkylation sites (N-methyl/N-ethyl adjacent to an activating group) is 1. The standard InChI is InChI=1S/C32H38N8O2/c1-3-29(41)39-17-16-38(20-25(39)11-13-33)31-27-10-9-24(40-15-12-22-6-4-7-23(19-34)30(22)40)18-28(27)35-32(36-31)42-21-26-8-5-14-37(26)2/h3-4,6-7,24-26H,1,5,8-12,14-18,20-21H2,2H3/t24?,25-,26-/m0/s1. The second-order valence-corrected chi connectivity index (χ2v) is 11.8. The zero-order valence-electron chi connectivity index (χ0n) is 24.3. The SMILES string of the molecule is C=CC(=O)N1CCN(c2nc(OC[C@@H]3CCCN3C)nc3c2CCC(N2CCc4cccc(C#N)c42)C3)C[C@@H]1CC#N. The van der Waals surface area contributed by atoms with Crippen LogP contribution in [0.3, 0.4) is 0 Å². The highest BCUT2D eigenvalue weighted by molar-refractivity contribution is 5.87. The Morgan fingerprint density at radius 3 is 2.79 bits per heavy atom. The van der Waals surface area contributed by atoms with Crippen LogP contribution in [-0.4, -0.2) is 90.2 Å². The number of amides is 1. The Morgan fingerprint density at radius 2 is 2.02 bits per heavy atom. The molecule has 4 aliphatic rings. The normalized spacial score (nSPS) is 23.6. The fraction of sp³-hybridized carbons (Fsp3) is 0.531. The molecule has 0 radical (unpaired) electrons. The van der Waals surface area contributed by atoms with E-state index in [0.717, 1.165) is 73.5 Å². The van der Waals surface area contributed by atoms with Crippen LogP contribution in [-0.2, 0) is 24.1 Å². The molecule has 1 aromatic carbocycles. The number of likely N-dealkylation sites (tertiary alicyclic amines) is 1. The van der Waals surface area contributed by atoms with E-state index < -0.39 is 0 Å². The van der Waals surface area contributed by atoms with Gasteiger partial charge in [-0.15, -0.1) is 0 Å². The maximum Gasteiger partial charge on any atom is 0.318 e. The average molecular weight is 567 g/mol. The van der Waals surface area contributed by atoms with Gasteiger partial charge in [0.2, 0.25) is 5.91 Å². The average Bonchev–Trinajstić information content (AvgIpc) is 3.65. The van der Waals surface area contributed by atoms with Crippen molar-refractivity contribution in [1.29, 1.82) is 10.5 Å². The highest BCUT2D eigenvalue weighted by Gasteiger charge is 2.36. The molecule has 1 amide bonds. The molecule has 218 valence electrons.